The number of thiophene rings is 1. The zero-order valence-electron chi connectivity index (χ0n) is 13.4. The van der Waals surface area contributed by atoms with Gasteiger partial charge in [-0.3, -0.25) is 0 Å². The molecular weight excluding hydrogens is 282 g/mol. The third-order valence-electron chi connectivity index (χ3n) is 3.25. The molecule has 6 heteroatoms. The third kappa shape index (κ3) is 4.04. The number of hydrogen-bond acceptors (Lipinski definition) is 6. The molecule has 1 N–H and O–H groups in total. The summed E-state index contributed by atoms with van der Waals surface area (Å²) >= 11 is 1.67. The van der Waals surface area contributed by atoms with Crippen molar-refractivity contribution < 1.29 is 0 Å². The van der Waals surface area contributed by atoms with Crippen LogP contribution in [0.5, 0.6) is 0 Å². The van der Waals surface area contributed by atoms with Gasteiger partial charge in [0.1, 0.15) is 10.6 Å². The normalized spacial score (nSPS) is 11.3. The van der Waals surface area contributed by atoms with Gasteiger partial charge in [0.05, 0.1) is 5.39 Å². The quantitative estimate of drug-likeness (QED) is 0.812. The largest absolute Gasteiger partial charge is 0.355 e. The monoisotopic (exact) mass is 307 g/mol. The Labute approximate surface area is 131 Å². The Kier molecular flexibility index (Phi) is 5.76. The van der Waals surface area contributed by atoms with E-state index in [1.807, 2.05) is 0 Å². The topological polar surface area (TPSA) is 44.3 Å². The zero-order valence-corrected chi connectivity index (χ0v) is 14.2. The molecule has 0 aromatic carbocycles. The molecule has 5 nitrogen and oxygen atoms in total. The minimum absolute atomic E-state index is 0.730. The lowest BCUT2D eigenvalue weighted by molar-refractivity contribution is 0.412. The fourth-order valence-corrected chi connectivity index (χ4v) is 2.99. The van der Waals surface area contributed by atoms with E-state index >= 15 is 0 Å². The van der Waals surface area contributed by atoms with Crippen LogP contribution < -0.4 is 10.2 Å². The lowest BCUT2D eigenvalue weighted by Crippen LogP contribution is -2.33. The Bertz CT molecular complexity index is 566. The van der Waals surface area contributed by atoms with Gasteiger partial charge in [-0.2, -0.15) is 4.98 Å². The summed E-state index contributed by atoms with van der Waals surface area (Å²) in [6, 6.07) is 2.13. The first-order valence-corrected chi connectivity index (χ1v) is 8.42. The minimum atomic E-state index is 0.730. The number of aromatic nitrogens is 2. The van der Waals surface area contributed by atoms with E-state index in [4.69, 9.17) is 4.98 Å². The molecule has 0 saturated carbocycles. The molecule has 0 aliphatic heterocycles. The summed E-state index contributed by atoms with van der Waals surface area (Å²) in [6.07, 6.45) is 1.11. The van der Waals surface area contributed by atoms with Gasteiger partial charge in [-0.15, -0.1) is 11.3 Å². The van der Waals surface area contributed by atoms with Crippen molar-refractivity contribution in [1.29, 1.82) is 0 Å². The van der Waals surface area contributed by atoms with Gasteiger partial charge in [0, 0.05) is 26.2 Å². The molecule has 0 bridgehead atoms. The molecule has 0 aliphatic carbocycles. The van der Waals surface area contributed by atoms with E-state index in [0.717, 1.165) is 54.6 Å². The van der Waals surface area contributed by atoms with Crippen molar-refractivity contribution in [2.75, 3.05) is 50.5 Å². The first kappa shape index (κ1) is 16.0. The molecule has 2 aromatic rings. The average molecular weight is 307 g/mol. The van der Waals surface area contributed by atoms with Gasteiger partial charge in [-0.25, -0.2) is 4.98 Å². The van der Waals surface area contributed by atoms with Crippen LogP contribution in [0.25, 0.3) is 10.2 Å². The van der Waals surface area contributed by atoms with Crippen LogP contribution in [0.4, 0.5) is 11.8 Å². The Morgan fingerprint density at radius 2 is 1.95 bits per heavy atom. The average Bonchev–Trinajstić information content (AvgIpc) is 2.91. The van der Waals surface area contributed by atoms with Crippen molar-refractivity contribution in [3.05, 3.63) is 11.4 Å². The highest BCUT2D eigenvalue weighted by Gasteiger charge is 2.15. The van der Waals surface area contributed by atoms with E-state index in [0.29, 0.717) is 0 Å². The third-order valence-corrected chi connectivity index (χ3v) is 4.06. The number of hydrogen-bond donors (Lipinski definition) is 1. The van der Waals surface area contributed by atoms with Crippen LogP contribution in [0, 0.1) is 0 Å². The highest BCUT2D eigenvalue weighted by atomic mass is 32.1. The number of nitrogens with one attached hydrogen (secondary N) is 1. The highest BCUT2D eigenvalue weighted by molar-refractivity contribution is 7.16. The van der Waals surface area contributed by atoms with Crippen LogP contribution in [0.1, 0.15) is 20.3 Å². The molecule has 0 amide bonds. The van der Waals surface area contributed by atoms with Gasteiger partial charge >= 0.3 is 0 Å². The van der Waals surface area contributed by atoms with Gasteiger partial charge in [0.2, 0.25) is 5.95 Å². The van der Waals surface area contributed by atoms with Crippen molar-refractivity contribution in [2.24, 2.45) is 0 Å². The maximum Gasteiger partial charge on any atom is 0.226 e. The fourth-order valence-electron chi connectivity index (χ4n) is 2.23. The summed E-state index contributed by atoms with van der Waals surface area (Å²) in [7, 11) is 4.21. The van der Waals surface area contributed by atoms with E-state index in [1.165, 1.54) is 0 Å². The standard InChI is InChI=1S/C15H25N5S/c1-5-8-20(10-9-19(3)4)13-12-7-11-21-14(12)18-15(17-13)16-6-2/h7,11H,5-6,8-10H2,1-4H3,(H,16,17,18). The summed E-state index contributed by atoms with van der Waals surface area (Å²) in [6.45, 7) is 8.13. The van der Waals surface area contributed by atoms with Crippen LogP contribution in [0.3, 0.4) is 0 Å². The van der Waals surface area contributed by atoms with E-state index in [2.05, 4.69) is 59.5 Å². The van der Waals surface area contributed by atoms with Gasteiger partial charge < -0.3 is 15.1 Å². The van der Waals surface area contributed by atoms with Crippen LogP contribution in [-0.2, 0) is 0 Å². The Morgan fingerprint density at radius 3 is 2.62 bits per heavy atom. The Balaban J connectivity index is 2.36. The zero-order chi connectivity index (χ0) is 15.2. The van der Waals surface area contributed by atoms with Crippen molar-refractivity contribution >= 4 is 33.3 Å². The fraction of sp³-hybridized carbons (Fsp3) is 0.600. The lowest BCUT2D eigenvalue weighted by atomic mass is 10.3. The smallest absolute Gasteiger partial charge is 0.226 e. The van der Waals surface area contributed by atoms with Gasteiger partial charge in [-0.05, 0) is 38.9 Å². The van der Waals surface area contributed by atoms with Crippen molar-refractivity contribution in [2.45, 2.75) is 20.3 Å². The molecule has 0 spiro atoms. The van der Waals surface area contributed by atoms with Crippen molar-refractivity contribution in [1.82, 2.24) is 14.9 Å². The highest BCUT2D eigenvalue weighted by Crippen LogP contribution is 2.29. The Hall–Kier alpha value is -1.40. The number of fused-ring (bicyclic) bond motifs is 1. The van der Waals surface area contributed by atoms with E-state index in [-0.39, 0.29) is 0 Å². The lowest BCUT2D eigenvalue weighted by Gasteiger charge is -2.25. The summed E-state index contributed by atoms with van der Waals surface area (Å²) in [5.41, 5.74) is 0. The molecule has 0 radical (unpaired) electrons. The summed E-state index contributed by atoms with van der Waals surface area (Å²) in [5, 5.41) is 6.49. The van der Waals surface area contributed by atoms with E-state index in [1.54, 1.807) is 11.3 Å². The van der Waals surface area contributed by atoms with Crippen LogP contribution in [-0.4, -0.2) is 55.1 Å². The van der Waals surface area contributed by atoms with E-state index < -0.39 is 0 Å². The van der Waals surface area contributed by atoms with Gasteiger partial charge in [0.25, 0.3) is 0 Å². The van der Waals surface area contributed by atoms with Crippen molar-refractivity contribution in [3.8, 4) is 0 Å². The predicted molar refractivity (Wildman–Crippen MR) is 92.6 cm³/mol. The minimum Gasteiger partial charge on any atom is -0.355 e. The number of nitrogens with zero attached hydrogens (tertiary/aromatic N) is 4. The summed E-state index contributed by atoms with van der Waals surface area (Å²) in [4.78, 5) is 15.0. The van der Waals surface area contributed by atoms with Crippen LogP contribution in [0.15, 0.2) is 11.4 Å². The van der Waals surface area contributed by atoms with Crippen molar-refractivity contribution in [3.63, 3.8) is 0 Å². The van der Waals surface area contributed by atoms with Crippen LogP contribution >= 0.6 is 11.3 Å². The second kappa shape index (κ2) is 7.56. The number of likely N-dealkylation sites (N-methyl/N-ethyl adjacent to an activating group) is 1. The number of anilines is 2. The summed E-state index contributed by atoms with van der Waals surface area (Å²) in [5.74, 6) is 1.79. The molecule has 0 atom stereocenters. The molecule has 0 unspecified atom stereocenters. The first-order valence-electron chi connectivity index (χ1n) is 7.54. The molecule has 116 valence electrons. The molecule has 21 heavy (non-hydrogen) atoms. The molecule has 0 saturated heterocycles. The second-order valence-electron chi connectivity index (χ2n) is 5.33. The molecule has 2 heterocycles. The molecule has 2 aromatic heterocycles. The SMILES string of the molecule is CCCN(CCN(C)C)c1nc(NCC)nc2sccc12. The van der Waals surface area contributed by atoms with Crippen LogP contribution in [0.2, 0.25) is 0 Å². The second-order valence-corrected chi connectivity index (χ2v) is 6.23. The molecule has 0 aliphatic rings. The number of rotatable bonds is 8. The summed E-state index contributed by atoms with van der Waals surface area (Å²) < 4.78 is 0. The van der Waals surface area contributed by atoms with E-state index in [9.17, 15) is 0 Å². The molecule has 2 rings (SSSR count). The molecular formula is C15H25N5S. The van der Waals surface area contributed by atoms with Gasteiger partial charge in [-0.1, -0.05) is 6.92 Å². The maximum atomic E-state index is 4.75. The first-order chi connectivity index (χ1) is 10.2. The Morgan fingerprint density at radius 1 is 1.14 bits per heavy atom. The maximum absolute atomic E-state index is 4.75. The predicted octanol–water partition coefficient (Wildman–Crippen LogP) is 2.90. The van der Waals surface area contributed by atoms with Gasteiger partial charge in [0.15, 0.2) is 0 Å². The molecule has 0 fully saturated rings.